The Morgan fingerprint density at radius 1 is 1.24 bits per heavy atom. The van der Waals surface area contributed by atoms with Crippen molar-refractivity contribution < 1.29 is 13.6 Å². The number of hydrogen-bond donors (Lipinski definition) is 1. The standard InChI is InChI=1S/C18H18F2N4O/c1-23-10-22-16-9-14(3-4-17(16)23)24(2)18(25)15(21)7-11-5-12(19)8-13(20)6-11/h3-6,8-10,15H,7,21H2,1-2H3/t15-/m0/s1. The monoisotopic (exact) mass is 344 g/mol. The molecule has 2 N–H and O–H groups in total. The molecule has 0 unspecified atom stereocenters. The van der Waals surface area contributed by atoms with Gasteiger partial charge in [-0.25, -0.2) is 13.8 Å². The number of carbonyl (C=O) groups excluding carboxylic acids is 1. The zero-order valence-corrected chi connectivity index (χ0v) is 13.9. The minimum atomic E-state index is -0.911. The third-order valence-corrected chi connectivity index (χ3v) is 4.12. The third-order valence-electron chi connectivity index (χ3n) is 4.12. The molecule has 0 radical (unpaired) electrons. The van der Waals surface area contributed by atoms with E-state index in [1.165, 1.54) is 17.0 Å². The zero-order chi connectivity index (χ0) is 18.1. The van der Waals surface area contributed by atoms with E-state index in [-0.39, 0.29) is 12.3 Å². The van der Waals surface area contributed by atoms with Crippen LogP contribution in [0.1, 0.15) is 5.56 Å². The Bertz CT molecular complexity index is 918. The number of benzene rings is 2. The molecule has 0 aliphatic heterocycles. The number of hydrogen-bond acceptors (Lipinski definition) is 3. The van der Waals surface area contributed by atoms with Gasteiger partial charge in [0.15, 0.2) is 0 Å². The summed E-state index contributed by atoms with van der Waals surface area (Å²) in [7, 11) is 3.50. The van der Waals surface area contributed by atoms with Crippen molar-refractivity contribution in [2.24, 2.45) is 12.8 Å². The molecular weight excluding hydrogens is 326 g/mol. The van der Waals surface area contributed by atoms with Gasteiger partial charge in [0.1, 0.15) is 11.6 Å². The molecule has 0 bridgehead atoms. The van der Waals surface area contributed by atoms with Crippen LogP contribution in [0.2, 0.25) is 0 Å². The molecular formula is C18H18F2N4O. The second-order valence-corrected chi connectivity index (χ2v) is 6.01. The Kier molecular flexibility index (Phi) is 4.50. The van der Waals surface area contributed by atoms with Crippen LogP contribution in [-0.2, 0) is 18.3 Å². The summed E-state index contributed by atoms with van der Waals surface area (Å²) in [6.07, 6.45) is 1.74. The third kappa shape index (κ3) is 3.51. The Hall–Kier alpha value is -2.80. The van der Waals surface area contributed by atoms with Gasteiger partial charge in [-0.2, -0.15) is 0 Å². The SMILES string of the molecule is CN(C(=O)[C@@H](N)Cc1cc(F)cc(F)c1)c1ccc2c(c1)ncn2C. The maximum Gasteiger partial charge on any atom is 0.243 e. The number of likely N-dealkylation sites (N-methyl/N-ethyl adjacent to an activating group) is 1. The molecule has 0 fully saturated rings. The average molecular weight is 344 g/mol. The summed E-state index contributed by atoms with van der Waals surface area (Å²) in [6, 6.07) is 7.69. The van der Waals surface area contributed by atoms with Crippen LogP contribution in [0.3, 0.4) is 0 Å². The van der Waals surface area contributed by atoms with Gasteiger partial charge in [0.25, 0.3) is 0 Å². The maximum atomic E-state index is 13.3. The number of anilines is 1. The fraction of sp³-hybridized carbons (Fsp3) is 0.222. The summed E-state index contributed by atoms with van der Waals surface area (Å²) < 4.78 is 28.4. The maximum absolute atomic E-state index is 13.3. The van der Waals surface area contributed by atoms with E-state index in [2.05, 4.69) is 4.98 Å². The lowest BCUT2D eigenvalue weighted by Crippen LogP contribution is -2.43. The number of halogens is 2. The molecule has 1 aromatic heterocycles. The highest BCUT2D eigenvalue weighted by atomic mass is 19.1. The lowest BCUT2D eigenvalue weighted by molar-refractivity contribution is -0.119. The quantitative estimate of drug-likeness (QED) is 0.790. The fourth-order valence-electron chi connectivity index (χ4n) is 2.78. The van der Waals surface area contributed by atoms with Crippen LogP contribution in [0.5, 0.6) is 0 Å². The molecule has 2 aromatic carbocycles. The smallest absolute Gasteiger partial charge is 0.243 e. The van der Waals surface area contributed by atoms with Crippen molar-refractivity contribution in [1.82, 2.24) is 9.55 Å². The summed E-state index contributed by atoms with van der Waals surface area (Å²) in [4.78, 5) is 18.2. The van der Waals surface area contributed by atoms with Gasteiger partial charge in [0.05, 0.1) is 23.4 Å². The summed E-state index contributed by atoms with van der Waals surface area (Å²) >= 11 is 0. The zero-order valence-electron chi connectivity index (χ0n) is 13.9. The number of fused-ring (bicyclic) bond motifs is 1. The first-order valence-corrected chi connectivity index (χ1v) is 7.74. The van der Waals surface area contributed by atoms with Crippen LogP contribution >= 0.6 is 0 Å². The minimum Gasteiger partial charge on any atom is -0.334 e. The van der Waals surface area contributed by atoms with Crippen molar-refractivity contribution in [2.75, 3.05) is 11.9 Å². The number of imidazole rings is 1. The molecule has 1 heterocycles. The topological polar surface area (TPSA) is 64.2 Å². The molecule has 0 aliphatic carbocycles. The van der Waals surface area contributed by atoms with Crippen LogP contribution in [0, 0.1) is 11.6 Å². The molecule has 0 spiro atoms. The van der Waals surface area contributed by atoms with Crippen molar-refractivity contribution >= 4 is 22.6 Å². The van der Waals surface area contributed by atoms with Crippen LogP contribution < -0.4 is 10.6 Å². The molecule has 5 nitrogen and oxygen atoms in total. The van der Waals surface area contributed by atoms with E-state index in [1.54, 1.807) is 25.5 Å². The first-order valence-electron chi connectivity index (χ1n) is 7.74. The van der Waals surface area contributed by atoms with E-state index < -0.39 is 17.7 Å². The molecule has 130 valence electrons. The number of carbonyl (C=O) groups is 1. The van der Waals surface area contributed by atoms with Gasteiger partial charge in [0, 0.05) is 25.8 Å². The van der Waals surface area contributed by atoms with Crippen molar-refractivity contribution in [1.29, 1.82) is 0 Å². The van der Waals surface area contributed by atoms with Gasteiger partial charge >= 0.3 is 0 Å². The molecule has 7 heteroatoms. The van der Waals surface area contributed by atoms with Crippen LogP contribution in [-0.4, -0.2) is 28.5 Å². The van der Waals surface area contributed by atoms with Gasteiger partial charge in [-0.1, -0.05) is 0 Å². The molecule has 1 amide bonds. The van der Waals surface area contributed by atoms with Crippen LogP contribution in [0.4, 0.5) is 14.5 Å². The Labute approximate surface area is 143 Å². The number of nitrogens with zero attached hydrogens (tertiary/aromatic N) is 3. The van der Waals surface area contributed by atoms with Crippen molar-refractivity contribution in [2.45, 2.75) is 12.5 Å². The molecule has 25 heavy (non-hydrogen) atoms. The molecule has 3 aromatic rings. The number of rotatable bonds is 4. The predicted octanol–water partition coefficient (Wildman–Crippen LogP) is 2.38. The highest BCUT2D eigenvalue weighted by molar-refractivity contribution is 5.98. The van der Waals surface area contributed by atoms with Crippen molar-refractivity contribution in [3.8, 4) is 0 Å². The number of aromatic nitrogens is 2. The second kappa shape index (κ2) is 6.60. The molecule has 0 saturated carbocycles. The summed E-state index contributed by atoms with van der Waals surface area (Å²) in [5.74, 6) is -1.73. The molecule has 0 aliphatic rings. The van der Waals surface area contributed by atoms with Gasteiger partial charge in [0.2, 0.25) is 5.91 Å². The summed E-state index contributed by atoms with van der Waals surface area (Å²) in [5.41, 5.74) is 8.65. The Morgan fingerprint density at radius 3 is 2.60 bits per heavy atom. The largest absolute Gasteiger partial charge is 0.334 e. The van der Waals surface area contributed by atoms with Gasteiger partial charge < -0.3 is 15.2 Å². The summed E-state index contributed by atoms with van der Waals surface area (Å²) in [5, 5.41) is 0. The lowest BCUT2D eigenvalue weighted by atomic mass is 10.0. The minimum absolute atomic E-state index is 0.0453. The molecule has 3 rings (SSSR count). The predicted molar refractivity (Wildman–Crippen MR) is 92.2 cm³/mol. The molecule has 1 atom stereocenters. The lowest BCUT2D eigenvalue weighted by Gasteiger charge is -2.21. The molecule has 0 saturated heterocycles. The van der Waals surface area contributed by atoms with E-state index in [9.17, 15) is 13.6 Å². The van der Waals surface area contributed by atoms with Crippen LogP contribution in [0.25, 0.3) is 11.0 Å². The van der Waals surface area contributed by atoms with E-state index in [4.69, 9.17) is 5.73 Å². The number of aryl methyl sites for hydroxylation is 1. The van der Waals surface area contributed by atoms with Crippen LogP contribution in [0.15, 0.2) is 42.7 Å². The highest BCUT2D eigenvalue weighted by Crippen LogP contribution is 2.21. The Morgan fingerprint density at radius 2 is 1.92 bits per heavy atom. The first-order chi connectivity index (χ1) is 11.8. The second-order valence-electron chi connectivity index (χ2n) is 6.01. The van der Waals surface area contributed by atoms with E-state index in [1.807, 2.05) is 17.7 Å². The Balaban J connectivity index is 1.77. The van der Waals surface area contributed by atoms with Crippen molar-refractivity contribution in [3.05, 3.63) is 59.9 Å². The van der Waals surface area contributed by atoms with E-state index in [0.29, 0.717) is 11.3 Å². The summed E-state index contributed by atoms with van der Waals surface area (Å²) in [6.45, 7) is 0. The number of amides is 1. The van der Waals surface area contributed by atoms with E-state index in [0.717, 1.165) is 17.1 Å². The van der Waals surface area contributed by atoms with E-state index >= 15 is 0 Å². The highest BCUT2D eigenvalue weighted by Gasteiger charge is 2.20. The normalized spacial score (nSPS) is 12.4. The van der Waals surface area contributed by atoms with Crippen molar-refractivity contribution in [3.63, 3.8) is 0 Å². The average Bonchev–Trinajstić information content (AvgIpc) is 2.93. The number of nitrogens with two attached hydrogens (primary N) is 1. The van der Waals surface area contributed by atoms with Gasteiger partial charge in [-0.05, 0) is 42.3 Å². The first kappa shape index (κ1) is 17.0. The van der Waals surface area contributed by atoms with Gasteiger partial charge in [-0.15, -0.1) is 0 Å². The fourth-order valence-corrected chi connectivity index (χ4v) is 2.78. The van der Waals surface area contributed by atoms with Gasteiger partial charge in [-0.3, -0.25) is 4.79 Å².